The Morgan fingerprint density at radius 3 is 2.67 bits per heavy atom. The largest absolute Gasteiger partial charge is 0.384 e. The van der Waals surface area contributed by atoms with Crippen molar-refractivity contribution in [2.24, 2.45) is 0 Å². The van der Waals surface area contributed by atoms with Gasteiger partial charge in [0.05, 0.1) is 24.6 Å². The van der Waals surface area contributed by atoms with Crippen molar-refractivity contribution in [3.63, 3.8) is 0 Å². The van der Waals surface area contributed by atoms with Crippen LogP contribution in [0, 0.1) is 0 Å². The van der Waals surface area contributed by atoms with Crippen LogP contribution in [0.5, 0.6) is 0 Å². The van der Waals surface area contributed by atoms with Gasteiger partial charge in [-0.05, 0) is 24.6 Å². The standard InChI is InChI=1S/C21H23N3O2.ClH/c1-2-22-20-17-4-3-5-19(17)23-14-18(20)15-6-8-16(9-7-15)21(25)24-10-12-26-13-11-24;/h3-4,6-9,14H,2,5,10-13H2,1H3,(H,22,23);1H. The van der Waals surface area contributed by atoms with Gasteiger partial charge in [-0.3, -0.25) is 9.78 Å². The van der Waals surface area contributed by atoms with E-state index in [2.05, 4.69) is 29.4 Å². The molecule has 0 unspecified atom stereocenters. The van der Waals surface area contributed by atoms with E-state index in [9.17, 15) is 4.79 Å². The number of benzene rings is 1. The van der Waals surface area contributed by atoms with E-state index in [1.165, 1.54) is 5.56 Å². The summed E-state index contributed by atoms with van der Waals surface area (Å²) in [6.07, 6.45) is 7.11. The lowest BCUT2D eigenvalue weighted by Crippen LogP contribution is -2.40. The third-order valence-corrected chi connectivity index (χ3v) is 4.89. The van der Waals surface area contributed by atoms with Gasteiger partial charge < -0.3 is 15.0 Å². The van der Waals surface area contributed by atoms with E-state index in [4.69, 9.17) is 4.74 Å². The smallest absolute Gasteiger partial charge is 0.254 e. The number of amides is 1. The average molecular weight is 386 g/mol. The minimum atomic E-state index is 0. The van der Waals surface area contributed by atoms with Crippen molar-refractivity contribution in [2.75, 3.05) is 38.2 Å². The number of carbonyl (C=O) groups excluding carboxylic acids is 1. The number of ether oxygens (including phenoxy) is 1. The van der Waals surface area contributed by atoms with Gasteiger partial charge in [-0.15, -0.1) is 12.4 Å². The van der Waals surface area contributed by atoms with Gasteiger partial charge in [0.1, 0.15) is 0 Å². The van der Waals surface area contributed by atoms with Gasteiger partial charge in [-0.1, -0.05) is 24.3 Å². The molecule has 27 heavy (non-hydrogen) atoms. The van der Waals surface area contributed by atoms with Crippen molar-refractivity contribution < 1.29 is 9.53 Å². The first-order valence-corrected chi connectivity index (χ1v) is 9.17. The van der Waals surface area contributed by atoms with E-state index >= 15 is 0 Å². The SMILES string of the molecule is CCNc1c(-c2ccc(C(=O)N3CCOCC3)cc2)cnc2c1C=CC2.Cl. The minimum Gasteiger partial charge on any atom is -0.384 e. The summed E-state index contributed by atoms with van der Waals surface area (Å²) in [7, 11) is 0. The fraction of sp³-hybridized carbons (Fsp3) is 0.333. The molecule has 6 heteroatoms. The summed E-state index contributed by atoms with van der Waals surface area (Å²) >= 11 is 0. The van der Waals surface area contributed by atoms with Gasteiger partial charge in [-0.2, -0.15) is 0 Å². The van der Waals surface area contributed by atoms with Crippen LogP contribution in [0.2, 0.25) is 0 Å². The van der Waals surface area contributed by atoms with Crippen LogP contribution >= 0.6 is 12.4 Å². The maximum atomic E-state index is 12.6. The highest BCUT2D eigenvalue weighted by Crippen LogP contribution is 2.35. The monoisotopic (exact) mass is 385 g/mol. The zero-order valence-corrected chi connectivity index (χ0v) is 16.2. The molecule has 1 aliphatic heterocycles. The average Bonchev–Trinajstić information content (AvgIpc) is 3.18. The molecule has 0 atom stereocenters. The second-order valence-corrected chi connectivity index (χ2v) is 6.53. The summed E-state index contributed by atoms with van der Waals surface area (Å²) in [5.41, 5.74) is 6.27. The third kappa shape index (κ3) is 3.84. The number of anilines is 1. The number of pyridine rings is 1. The first-order valence-electron chi connectivity index (χ1n) is 9.17. The molecule has 4 rings (SSSR count). The van der Waals surface area contributed by atoms with E-state index < -0.39 is 0 Å². The van der Waals surface area contributed by atoms with Crippen molar-refractivity contribution in [1.82, 2.24) is 9.88 Å². The van der Waals surface area contributed by atoms with Crippen LogP contribution in [0.4, 0.5) is 5.69 Å². The minimum absolute atomic E-state index is 0. The molecule has 0 saturated carbocycles. The molecule has 1 fully saturated rings. The lowest BCUT2D eigenvalue weighted by atomic mass is 10.00. The molecule has 5 nitrogen and oxygen atoms in total. The van der Waals surface area contributed by atoms with Crippen LogP contribution in [0.15, 0.2) is 36.5 Å². The predicted octanol–water partition coefficient (Wildman–Crippen LogP) is 3.64. The fourth-order valence-corrected chi connectivity index (χ4v) is 3.52. The van der Waals surface area contributed by atoms with Crippen molar-refractivity contribution in [2.45, 2.75) is 13.3 Å². The summed E-state index contributed by atoms with van der Waals surface area (Å²) in [6.45, 7) is 5.50. The number of carbonyl (C=O) groups is 1. The Labute approximate surface area is 165 Å². The molecule has 1 aromatic carbocycles. The second-order valence-electron chi connectivity index (χ2n) is 6.53. The number of hydrogen-bond donors (Lipinski definition) is 1. The zero-order chi connectivity index (χ0) is 17.9. The molecule has 1 aliphatic carbocycles. The van der Waals surface area contributed by atoms with Crippen molar-refractivity contribution in [3.8, 4) is 11.1 Å². The Hall–Kier alpha value is -2.37. The molecule has 0 radical (unpaired) electrons. The maximum Gasteiger partial charge on any atom is 0.254 e. The molecular weight excluding hydrogens is 362 g/mol. The third-order valence-electron chi connectivity index (χ3n) is 4.89. The molecule has 1 saturated heterocycles. The maximum absolute atomic E-state index is 12.6. The number of hydrogen-bond acceptors (Lipinski definition) is 4. The molecule has 1 aromatic heterocycles. The number of nitrogens with zero attached hydrogens (tertiary/aromatic N) is 2. The van der Waals surface area contributed by atoms with Crippen LogP contribution in [-0.2, 0) is 11.2 Å². The van der Waals surface area contributed by atoms with Crippen molar-refractivity contribution in [3.05, 3.63) is 53.4 Å². The van der Waals surface area contributed by atoms with Gasteiger partial charge >= 0.3 is 0 Å². The first-order chi connectivity index (χ1) is 12.8. The summed E-state index contributed by atoms with van der Waals surface area (Å²) in [5.74, 6) is 0.0711. The number of allylic oxidation sites excluding steroid dienone is 1. The van der Waals surface area contributed by atoms with Crippen LogP contribution in [-0.4, -0.2) is 48.6 Å². The Kier molecular flexibility index (Phi) is 6.14. The summed E-state index contributed by atoms with van der Waals surface area (Å²) < 4.78 is 5.32. The lowest BCUT2D eigenvalue weighted by molar-refractivity contribution is 0.0303. The second kappa shape index (κ2) is 8.55. The quantitative estimate of drug-likeness (QED) is 0.872. The van der Waals surface area contributed by atoms with Crippen molar-refractivity contribution in [1.29, 1.82) is 0 Å². The number of halogens is 1. The number of nitrogens with one attached hydrogen (secondary N) is 1. The summed E-state index contributed by atoms with van der Waals surface area (Å²) in [4.78, 5) is 19.1. The number of rotatable bonds is 4. The highest BCUT2D eigenvalue weighted by molar-refractivity contribution is 5.95. The first kappa shape index (κ1) is 19.4. The molecule has 0 bridgehead atoms. The number of morpholine rings is 1. The van der Waals surface area contributed by atoms with Gasteiger partial charge in [0.25, 0.3) is 5.91 Å². The van der Waals surface area contributed by atoms with E-state index in [1.807, 2.05) is 35.4 Å². The Balaban J connectivity index is 0.00000210. The van der Waals surface area contributed by atoms with E-state index in [0.717, 1.165) is 41.0 Å². The molecular formula is C21H24ClN3O2. The van der Waals surface area contributed by atoms with Crippen LogP contribution in [0.3, 0.4) is 0 Å². The molecule has 2 heterocycles. The molecule has 1 N–H and O–H groups in total. The van der Waals surface area contributed by atoms with Crippen LogP contribution in [0.1, 0.15) is 28.5 Å². The topological polar surface area (TPSA) is 54.5 Å². The Morgan fingerprint density at radius 1 is 1.22 bits per heavy atom. The van der Waals surface area contributed by atoms with E-state index in [-0.39, 0.29) is 18.3 Å². The van der Waals surface area contributed by atoms with Gasteiger partial charge in [-0.25, -0.2) is 0 Å². The molecule has 142 valence electrons. The van der Waals surface area contributed by atoms with Crippen molar-refractivity contribution >= 4 is 30.1 Å². The van der Waals surface area contributed by atoms with Gasteiger partial charge in [0.15, 0.2) is 0 Å². The van der Waals surface area contributed by atoms with Gasteiger partial charge in [0, 0.05) is 48.9 Å². The molecule has 2 aromatic rings. The van der Waals surface area contributed by atoms with E-state index in [1.54, 1.807) is 0 Å². The molecule has 0 spiro atoms. The number of aromatic nitrogens is 1. The number of fused-ring (bicyclic) bond motifs is 1. The van der Waals surface area contributed by atoms with Crippen LogP contribution in [0.25, 0.3) is 17.2 Å². The fourth-order valence-electron chi connectivity index (χ4n) is 3.52. The molecule has 1 amide bonds. The Bertz CT molecular complexity index is 843. The van der Waals surface area contributed by atoms with Gasteiger partial charge in [0.2, 0.25) is 0 Å². The highest BCUT2D eigenvalue weighted by atomic mass is 35.5. The van der Waals surface area contributed by atoms with Crippen LogP contribution < -0.4 is 5.32 Å². The van der Waals surface area contributed by atoms with E-state index in [0.29, 0.717) is 26.3 Å². The summed E-state index contributed by atoms with van der Waals surface area (Å²) in [6, 6.07) is 7.84. The molecule has 2 aliphatic rings. The Morgan fingerprint density at radius 2 is 1.96 bits per heavy atom. The predicted molar refractivity (Wildman–Crippen MR) is 111 cm³/mol. The summed E-state index contributed by atoms with van der Waals surface area (Å²) in [5, 5.41) is 3.48. The zero-order valence-electron chi connectivity index (χ0n) is 15.4. The lowest BCUT2D eigenvalue weighted by Gasteiger charge is -2.27. The highest BCUT2D eigenvalue weighted by Gasteiger charge is 2.19. The normalized spacial score (nSPS) is 15.2.